The molecule has 1 heterocycles. The summed E-state index contributed by atoms with van der Waals surface area (Å²) in [5.74, 6) is 0.602. The topological polar surface area (TPSA) is 72.5 Å². The zero-order valence-electron chi connectivity index (χ0n) is 8.57. The van der Waals surface area contributed by atoms with Crippen LogP contribution >= 0.6 is 0 Å². The van der Waals surface area contributed by atoms with Crippen molar-refractivity contribution in [1.82, 2.24) is 10.3 Å². The lowest BCUT2D eigenvalue weighted by Gasteiger charge is -2.01. The monoisotopic (exact) mass is 198 g/mol. The number of hydrogen-bond acceptors (Lipinski definition) is 6. The van der Waals surface area contributed by atoms with Crippen molar-refractivity contribution in [1.29, 1.82) is 0 Å². The smallest absolute Gasteiger partial charge is 0.200 e. The second-order valence-electron chi connectivity index (χ2n) is 2.69. The van der Waals surface area contributed by atoms with Crippen molar-refractivity contribution in [2.45, 2.75) is 6.92 Å². The van der Waals surface area contributed by atoms with Crippen LogP contribution in [0.4, 0.5) is 5.82 Å². The minimum Gasteiger partial charge on any atom is -0.383 e. The van der Waals surface area contributed by atoms with E-state index in [1.54, 1.807) is 14.2 Å². The largest absolute Gasteiger partial charge is 0.383 e. The molecule has 6 nitrogen and oxygen atoms in total. The quantitative estimate of drug-likeness (QED) is 0.553. The second-order valence-corrected chi connectivity index (χ2v) is 2.69. The summed E-state index contributed by atoms with van der Waals surface area (Å²) in [6.07, 6.45) is 0. The summed E-state index contributed by atoms with van der Waals surface area (Å²) in [6, 6.07) is 0. The van der Waals surface area contributed by atoms with Crippen LogP contribution in [0, 0.1) is 0 Å². The summed E-state index contributed by atoms with van der Waals surface area (Å²) < 4.78 is 9.51. The normalized spacial score (nSPS) is 11.8. The predicted molar refractivity (Wildman–Crippen MR) is 52.8 cm³/mol. The molecule has 0 amide bonds. The molecule has 0 radical (unpaired) electrons. The minimum absolute atomic E-state index is 0.602. The van der Waals surface area contributed by atoms with E-state index in [2.05, 4.69) is 25.3 Å². The number of rotatable bonds is 5. The number of anilines is 1. The first-order chi connectivity index (χ1) is 6.79. The van der Waals surface area contributed by atoms with Gasteiger partial charge in [0.05, 0.1) is 12.3 Å². The summed E-state index contributed by atoms with van der Waals surface area (Å²) in [5, 5.41) is 10.5. The van der Waals surface area contributed by atoms with Crippen molar-refractivity contribution < 1.29 is 9.37 Å². The van der Waals surface area contributed by atoms with E-state index in [0.717, 1.165) is 5.71 Å². The van der Waals surface area contributed by atoms with Gasteiger partial charge in [-0.1, -0.05) is 0 Å². The number of nitrogens with zero attached hydrogens (tertiary/aromatic N) is 3. The molecule has 6 heteroatoms. The molecule has 0 saturated heterocycles. The van der Waals surface area contributed by atoms with Gasteiger partial charge in [0.1, 0.15) is 0 Å². The van der Waals surface area contributed by atoms with Crippen molar-refractivity contribution in [3.05, 3.63) is 5.69 Å². The van der Waals surface area contributed by atoms with E-state index in [4.69, 9.17) is 4.74 Å². The lowest BCUT2D eigenvalue weighted by Crippen LogP contribution is -2.10. The van der Waals surface area contributed by atoms with E-state index in [1.807, 2.05) is 6.92 Å². The maximum Gasteiger partial charge on any atom is 0.200 e. The van der Waals surface area contributed by atoms with Crippen LogP contribution in [0.25, 0.3) is 0 Å². The summed E-state index contributed by atoms with van der Waals surface area (Å²) in [6.45, 7) is 3.12. The molecule has 0 aliphatic heterocycles. The maximum atomic E-state index is 4.90. The van der Waals surface area contributed by atoms with Gasteiger partial charge in [0.2, 0.25) is 0 Å². The third-order valence-electron chi connectivity index (χ3n) is 1.77. The van der Waals surface area contributed by atoms with Crippen LogP contribution in [-0.4, -0.2) is 43.3 Å². The Hall–Kier alpha value is -1.43. The molecule has 0 atom stereocenters. The fourth-order valence-corrected chi connectivity index (χ4v) is 0.919. The zero-order chi connectivity index (χ0) is 10.4. The number of hydrogen-bond donors (Lipinski definition) is 1. The van der Waals surface area contributed by atoms with Gasteiger partial charge in [0.15, 0.2) is 11.5 Å². The molecule has 0 spiro atoms. The molecule has 0 aliphatic rings. The van der Waals surface area contributed by atoms with Gasteiger partial charge in [-0.3, -0.25) is 4.99 Å². The number of nitrogens with one attached hydrogen (secondary N) is 1. The van der Waals surface area contributed by atoms with Gasteiger partial charge in [-0.25, -0.2) is 4.63 Å². The standard InChI is InChI=1S/C8H14N4O2/c1-6(9-2)7-8(12-14-11-7)10-4-5-13-3/h4-5H2,1-3H3,(H,10,12). The Morgan fingerprint density at radius 3 is 3.00 bits per heavy atom. The van der Waals surface area contributed by atoms with Gasteiger partial charge in [0.25, 0.3) is 0 Å². The Kier molecular flexibility index (Phi) is 4.06. The molecule has 0 saturated carbocycles. The van der Waals surface area contributed by atoms with E-state index < -0.39 is 0 Å². The molecule has 1 N–H and O–H groups in total. The van der Waals surface area contributed by atoms with Crippen LogP contribution in [0.1, 0.15) is 12.6 Å². The Labute approximate surface area is 82.3 Å². The number of aliphatic imine (C=N–C) groups is 1. The highest BCUT2D eigenvalue weighted by Crippen LogP contribution is 2.09. The molecule has 0 bridgehead atoms. The lowest BCUT2D eigenvalue weighted by atomic mass is 10.3. The molecule has 0 fully saturated rings. The first-order valence-corrected chi connectivity index (χ1v) is 4.28. The van der Waals surface area contributed by atoms with Gasteiger partial charge < -0.3 is 10.1 Å². The average molecular weight is 198 g/mol. The van der Waals surface area contributed by atoms with Crippen LogP contribution in [0.2, 0.25) is 0 Å². The zero-order valence-corrected chi connectivity index (χ0v) is 8.57. The van der Waals surface area contributed by atoms with Gasteiger partial charge in [-0.15, -0.1) is 0 Å². The highest BCUT2D eigenvalue weighted by molar-refractivity contribution is 6.00. The number of methoxy groups -OCH3 is 1. The Balaban J connectivity index is 2.63. The van der Waals surface area contributed by atoms with Crippen molar-refractivity contribution in [2.24, 2.45) is 4.99 Å². The highest BCUT2D eigenvalue weighted by Gasteiger charge is 2.11. The highest BCUT2D eigenvalue weighted by atomic mass is 16.6. The summed E-state index contributed by atoms with van der Waals surface area (Å²) >= 11 is 0. The van der Waals surface area contributed by atoms with E-state index in [-0.39, 0.29) is 0 Å². The summed E-state index contributed by atoms with van der Waals surface area (Å²) in [4.78, 5) is 4.00. The van der Waals surface area contributed by atoms with Gasteiger partial charge in [-0.2, -0.15) is 0 Å². The van der Waals surface area contributed by atoms with E-state index >= 15 is 0 Å². The Morgan fingerprint density at radius 2 is 2.36 bits per heavy atom. The van der Waals surface area contributed by atoms with Crippen molar-refractivity contribution in [3.8, 4) is 0 Å². The van der Waals surface area contributed by atoms with Crippen LogP contribution in [0.5, 0.6) is 0 Å². The lowest BCUT2D eigenvalue weighted by molar-refractivity contribution is 0.210. The van der Waals surface area contributed by atoms with Crippen molar-refractivity contribution in [3.63, 3.8) is 0 Å². The SMILES string of the molecule is CN=C(C)c1nonc1NCCOC. The first kappa shape index (κ1) is 10.6. The molecular formula is C8H14N4O2. The summed E-state index contributed by atoms with van der Waals surface area (Å²) in [5.41, 5.74) is 1.43. The second kappa shape index (κ2) is 5.33. The van der Waals surface area contributed by atoms with Gasteiger partial charge in [-0.05, 0) is 17.2 Å². The number of aromatic nitrogens is 2. The fourth-order valence-electron chi connectivity index (χ4n) is 0.919. The predicted octanol–water partition coefficient (Wildman–Crippen LogP) is 0.567. The van der Waals surface area contributed by atoms with Crippen LogP contribution in [0.15, 0.2) is 9.62 Å². The minimum atomic E-state index is 0.602. The third kappa shape index (κ3) is 2.53. The molecule has 78 valence electrons. The van der Waals surface area contributed by atoms with Crippen LogP contribution in [-0.2, 0) is 4.74 Å². The maximum absolute atomic E-state index is 4.90. The molecule has 0 unspecified atom stereocenters. The molecule has 0 aromatic carbocycles. The molecular weight excluding hydrogens is 184 g/mol. The average Bonchev–Trinajstić information content (AvgIpc) is 2.65. The summed E-state index contributed by atoms with van der Waals surface area (Å²) in [7, 11) is 3.34. The molecule has 0 aliphatic carbocycles. The van der Waals surface area contributed by atoms with E-state index in [0.29, 0.717) is 24.7 Å². The third-order valence-corrected chi connectivity index (χ3v) is 1.77. The van der Waals surface area contributed by atoms with Crippen LogP contribution < -0.4 is 5.32 Å². The van der Waals surface area contributed by atoms with E-state index in [9.17, 15) is 0 Å². The molecule has 1 rings (SSSR count). The Morgan fingerprint density at radius 1 is 1.57 bits per heavy atom. The van der Waals surface area contributed by atoms with Crippen molar-refractivity contribution >= 4 is 11.5 Å². The fraction of sp³-hybridized carbons (Fsp3) is 0.625. The molecule has 14 heavy (non-hydrogen) atoms. The van der Waals surface area contributed by atoms with Crippen LogP contribution in [0.3, 0.4) is 0 Å². The van der Waals surface area contributed by atoms with Gasteiger partial charge >= 0.3 is 0 Å². The van der Waals surface area contributed by atoms with Gasteiger partial charge in [0, 0.05) is 20.7 Å². The molecule has 1 aromatic rings. The Bertz CT molecular complexity index is 308. The first-order valence-electron chi connectivity index (χ1n) is 4.28. The molecule has 1 aromatic heterocycles. The van der Waals surface area contributed by atoms with E-state index in [1.165, 1.54) is 0 Å². The van der Waals surface area contributed by atoms with Crippen molar-refractivity contribution in [2.75, 3.05) is 32.6 Å². The number of ether oxygens (including phenoxy) is 1.